The first kappa shape index (κ1) is 13.9. The van der Waals surface area contributed by atoms with Crippen molar-refractivity contribution in [2.24, 2.45) is 7.05 Å². The van der Waals surface area contributed by atoms with E-state index < -0.39 is 5.91 Å². The highest BCUT2D eigenvalue weighted by molar-refractivity contribution is 6.05. The molecular formula is C15H14N4O3. The standard InChI is InChI=1S/C15H14N4O3/c1-19-8-9(6-17-19)18-15(21)12-7-16-13-5-10(22-2)3-4-11(13)14(12)20/h3-8H,1-2H3,(H,16,20)(H,18,21). The molecule has 0 radical (unpaired) electrons. The molecule has 1 aromatic carbocycles. The van der Waals surface area contributed by atoms with Gasteiger partial charge in [-0.3, -0.25) is 14.3 Å². The first-order chi connectivity index (χ1) is 10.6. The zero-order valence-electron chi connectivity index (χ0n) is 12.1. The molecule has 1 amide bonds. The summed E-state index contributed by atoms with van der Waals surface area (Å²) >= 11 is 0. The molecule has 3 rings (SSSR count). The summed E-state index contributed by atoms with van der Waals surface area (Å²) in [6.07, 6.45) is 4.56. The molecule has 112 valence electrons. The minimum atomic E-state index is -0.480. The van der Waals surface area contributed by atoms with Crippen LogP contribution in [0.15, 0.2) is 41.6 Å². The molecule has 0 aliphatic heterocycles. The van der Waals surface area contributed by atoms with Crippen LogP contribution in [0.25, 0.3) is 10.9 Å². The number of rotatable bonds is 3. The molecule has 0 bridgehead atoms. The van der Waals surface area contributed by atoms with Gasteiger partial charge in [0.15, 0.2) is 0 Å². The summed E-state index contributed by atoms with van der Waals surface area (Å²) < 4.78 is 6.67. The summed E-state index contributed by atoms with van der Waals surface area (Å²) in [6, 6.07) is 5.02. The molecule has 7 heteroatoms. The fourth-order valence-corrected chi connectivity index (χ4v) is 2.18. The lowest BCUT2D eigenvalue weighted by Gasteiger charge is -2.05. The van der Waals surface area contributed by atoms with E-state index in [1.54, 1.807) is 43.2 Å². The van der Waals surface area contributed by atoms with Crippen LogP contribution in [0.2, 0.25) is 0 Å². The van der Waals surface area contributed by atoms with E-state index in [0.717, 1.165) is 0 Å². The van der Waals surface area contributed by atoms with Gasteiger partial charge >= 0.3 is 0 Å². The van der Waals surface area contributed by atoms with Crippen LogP contribution in [-0.4, -0.2) is 27.8 Å². The van der Waals surface area contributed by atoms with E-state index in [2.05, 4.69) is 15.4 Å². The Labute approximate surface area is 125 Å². The quantitative estimate of drug-likeness (QED) is 0.767. The summed E-state index contributed by atoms with van der Waals surface area (Å²) in [6.45, 7) is 0. The van der Waals surface area contributed by atoms with Gasteiger partial charge in [-0.1, -0.05) is 0 Å². The number of amides is 1. The third-order valence-electron chi connectivity index (χ3n) is 3.30. The van der Waals surface area contributed by atoms with Gasteiger partial charge in [-0.05, 0) is 12.1 Å². The summed E-state index contributed by atoms with van der Waals surface area (Å²) in [4.78, 5) is 27.6. The molecule has 0 aliphatic rings. The second-order valence-corrected chi connectivity index (χ2v) is 4.80. The van der Waals surface area contributed by atoms with E-state index in [-0.39, 0.29) is 11.0 Å². The van der Waals surface area contributed by atoms with Gasteiger partial charge < -0.3 is 15.0 Å². The summed E-state index contributed by atoms with van der Waals surface area (Å²) in [5, 5.41) is 7.03. The Morgan fingerprint density at radius 1 is 1.41 bits per heavy atom. The number of carbonyl (C=O) groups is 1. The number of H-pyrrole nitrogens is 1. The van der Waals surface area contributed by atoms with Gasteiger partial charge in [0, 0.05) is 30.9 Å². The largest absolute Gasteiger partial charge is 0.497 e. The number of anilines is 1. The number of ether oxygens (including phenoxy) is 1. The van der Waals surface area contributed by atoms with Crippen LogP contribution >= 0.6 is 0 Å². The Kier molecular flexibility index (Phi) is 3.38. The zero-order valence-corrected chi connectivity index (χ0v) is 12.1. The van der Waals surface area contributed by atoms with Crippen molar-refractivity contribution in [1.29, 1.82) is 0 Å². The first-order valence-corrected chi connectivity index (χ1v) is 6.58. The molecule has 0 aliphatic carbocycles. The van der Waals surface area contributed by atoms with Crippen LogP contribution in [0, 0.1) is 0 Å². The highest BCUT2D eigenvalue weighted by Crippen LogP contribution is 2.17. The highest BCUT2D eigenvalue weighted by Gasteiger charge is 2.14. The van der Waals surface area contributed by atoms with Crippen molar-refractivity contribution in [3.63, 3.8) is 0 Å². The number of fused-ring (bicyclic) bond motifs is 1. The lowest BCUT2D eigenvalue weighted by atomic mass is 10.1. The number of aromatic amines is 1. The molecule has 0 saturated heterocycles. The third-order valence-corrected chi connectivity index (χ3v) is 3.30. The van der Waals surface area contributed by atoms with Crippen molar-refractivity contribution in [2.45, 2.75) is 0 Å². The number of nitrogens with zero attached hydrogens (tertiary/aromatic N) is 2. The van der Waals surface area contributed by atoms with E-state index in [4.69, 9.17) is 4.74 Å². The average molecular weight is 298 g/mol. The van der Waals surface area contributed by atoms with Gasteiger partial charge in [-0.15, -0.1) is 0 Å². The number of hydrogen-bond donors (Lipinski definition) is 2. The summed E-state index contributed by atoms with van der Waals surface area (Å²) in [5.74, 6) is 0.155. The van der Waals surface area contributed by atoms with Crippen molar-refractivity contribution in [2.75, 3.05) is 12.4 Å². The molecule has 0 saturated carbocycles. The van der Waals surface area contributed by atoms with Gasteiger partial charge in [0.2, 0.25) is 5.43 Å². The minimum absolute atomic E-state index is 0.0431. The molecule has 3 aromatic rings. The third kappa shape index (κ3) is 2.44. The molecule has 22 heavy (non-hydrogen) atoms. The van der Waals surface area contributed by atoms with E-state index in [1.165, 1.54) is 12.4 Å². The number of benzene rings is 1. The molecule has 7 nitrogen and oxygen atoms in total. The monoisotopic (exact) mass is 298 g/mol. The van der Waals surface area contributed by atoms with Crippen LogP contribution in [0.3, 0.4) is 0 Å². The van der Waals surface area contributed by atoms with Crippen LogP contribution in [0.4, 0.5) is 5.69 Å². The van der Waals surface area contributed by atoms with Crippen molar-refractivity contribution >= 4 is 22.5 Å². The number of aryl methyl sites for hydroxylation is 1. The number of pyridine rings is 1. The Morgan fingerprint density at radius 2 is 2.23 bits per heavy atom. The van der Waals surface area contributed by atoms with E-state index in [0.29, 0.717) is 22.3 Å². The number of nitrogens with one attached hydrogen (secondary N) is 2. The fourth-order valence-electron chi connectivity index (χ4n) is 2.18. The van der Waals surface area contributed by atoms with Crippen molar-refractivity contribution < 1.29 is 9.53 Å². The van der Waals surface area contributed by atoms with E-state index in [1.807, 2.05) is 0 Å². The summed E-state index contributed by atoms with van der Waals surface area (Å²) in [7, 11) is 3.29. The van der Waals surface area contributed by atoms with Crippen molar-refractivity contribution in [1.82, 2.24) is 14.8 Å². The van der Waals surface area contributed by atoms with Crippen LogP contribution in [0.5, 0.6) is 5.75 Å². The molecule has 2 N–H and O–H groups in total. The fraction of sp³-hybridized carbons (Fsp3) is 0.133. The Morgan fingerprint density at radius 3 is 2.91 bits per heavy atom. The van der Waals surface area contributed by atoms with E-state index >= 15 is 0 Å². The maximum Gasteiger partial charge on any atom is 0.261 e. The van der Waals surface area contributed by atoms with Gasteiger partial charge in [0.05, 0.1) is 24.5 Å². The normalized spacial score (nSPS) is 10.6. The second kappa shape index (κ2) is 5.36. The van der Waals surface area contributed by atoms with Crippen LogP contribution < -0.4 is 15.5 Å². The second-order valence-electron chi connectivity index (χ2n) is 4.80. The predicted octanol–water partition coefficient (Wildman–Crippen LogP) is 1.52. The zero-order chi connectivity index (χ0) is 15.7. The maximum atomic E-state index is 12.4. The highest BCUT2D eigenvalue weighted by atomic mass is 16.5. The molecule has 2 heterocycles. The average Bonchev–Trinajstić information content (AvgIpc) is 2.92. The number of carbonyl (C=O) groups excluding carboxylic acids is 1. The maximum absolute atomic E-state index is 12.4. The Bertz CT molecular complexity index is 911. The Hall–Kier alpha value is -3.09. The SMILES string of the molecule is COc1ccc2c(=O)c(C(=O)Nc3cnn(C)c3)c[nH]c2c1. The lowest BCUT2D eigenvalue weighted by Crippen LogP contribution is -2.21. The molecular weight excluding hydrogens is 284 g/mol. The summed E-state index contributed by atoms with van der Waals surface area (Å²) in [5.41, 5.74) is 0.850. The van der Waals surface area contributed by atoms with Gasteiger partial charge in [0.25, 0.3) is 5.91 Å². The first-order valence-electron chi connectivity index (χ1n) is 6.58. The number of methoxy groups -OCH3 is 1. The van der Waals surface area contributed by atoms with Gasteiger partial charge in [0.1, 0.15) is 11.3 Å². The van der Waals surface area contributed by atoms with E-state index in [9.17, 15) is 9.59 Å². The smallest absolute Gasteiger partial charge is 0.261 e. The molecule has 0 spiro atoms. The lowest BCUT2D eigenvalue weighted by molar-refractivity contribution is 0.102. The predicted molar refractivity (Wildman–Crippen MR) is 82.3 cm³/mol. The molecule has 0 atom stereocenters. The van der Waals surface area contributed by atoms with Gasteiger partial charge in [-0.2, -0.15) is 5.10 Å². The van der Waals surface area contributed by atoms with Gasteiger partial charge in [-0.25, -0.2) is 0 Å². The number of aromatic nitrogens is 3. The topological polar surface area (TPSA) is 89.0 Å². The molecule has 0 unspecified atom stereocenters. The van der Waals surface area contributed by atoms with Crippen LogP contribution in [-0.2, 0) is 7.05 Å². The number of hydrogen-bond acceptors (Lipinski definition) is 4. The van der Waals surface area contributed by atoms with Crippen molar-refractivity contribution in [3.8, 4) is 5.75 Å². The molecule has 2 aromatic heterocycles. The van der Waals surface area contributed by atoms with Crippen LogP contribution in [0.1, 0.15) is 10.4 Å². The van der Waals surface area contributed by atoms with Crippen molar-refractivity contribution in [3.05, 3.63) is 52.6 Å². The minimum Gasteiger partial charge on any atom is -0.497 e. The molecule has 0 fully saturated rings. The Balaban J connectivity index is 1.98.